The van der Waals surface area contributed by atoms with Crippen LogP contribution in [0.3, 0.4) is 0 Å². The van der Waals surface area contributed by atoms with Gasteiger partial charge in [0.1, 0.15) is 5.76 Å². The van der Waals surface area contributed by atoms with Crippen LogP contribution >= 0.6 is 0 Å². The summed E-state index contributed by atoms with van der Waals surface area (Å²) in [4.78, 5) is 26.6. The minimum absolute atomic E-state index is 0. The number of nitrogens with zero attached hydrogens (tertiary/aromatic N) is 1. The molecule has 1 aliphatic rings. The Bertz CT molecular complexity index is 978. The van der Waals surface area contributed by atoms with E-state index in [1.807, 2.05) is 19.1 Å². The first kappa shape index (κ1) is 48.3. The summed E-state index contributed by atoms with van der Waals surface area (Å²) in [5.74, 6) is 4.95. The molecule has 0 N–H and O–H groups in total. The third-order valence-electron chi connectivity index (χ3n) is 5.65. The quantitative estimate of drug-likeness (QED) is 0.0820. The molecule has 255 valence electrons. The number of unbranched alkanes of at least 4 members (excludes halogenated alkanes) is 5. The van der Waals surface area contributed by atoms with Gasteiger partial charge in [0.05, 0.1) is 5.60 Å². The van der Waals surface area contributed by atoms with Crippen LogP contribution < -0.4 is 0 Å². The van der Waals surface area contributed by atoms with Crippen molar-refractivity contribution in [2.75, 3.05) is 0 Å². The van der Waals surface area contributed by atoms with Gasteiger partial charge in [-0.2, -0.15) is 33.6 Å². The van der Waals surface area contributed by atoms with Crippen molar-refractivity contribution >= 4 is 24.4 Å². The van der Waals surface area contributed by atoms with Crippen LogP contribution in [0.2, 0.25) is 0 Å². The first-order chi connectivity index (χ1) is 20.5. The van der Waals surface area contributed by atoms with Crippen LogP contribution in [0.5, 0.6) is 0 Å². The third kappa shape index (κ3) is 27.7. The van der Waals surface area contributed by atoms with Gasteiger partial charge in [-0.3, -0.25) is 4.79 Å². The molecule has 1 saturated carbocycles. The summed E-state index contributed by atoms with van der Waals surface area (Å²) in [5, 5.41) is 0. The Kier molecular flexibility index (Phi) is 30.0. The second-order valence-electron chi connectivity index (χ2n) is 13.9. The monoisotopic (exact) mass is 754 g/mol. The number of furan rings is 1. The molecular weight excluding hydrogens is 691 g/mol. The summed E-state index contributed by atoms with van der Waals surface area (Å²) in [6.07, 6.45) is 18.4. The zero-order valence-corrected chi connectivity index (χ0v) is 34.6. The van der Waals surface area contributed by atoms with E-state index in [1.54, 1.807) is 33.1 Å². The second kappa shape index (κ2) is 28.0. The molecule has 45 heavy (non-hydrogen) atoms. The number of ether oxygens (including phenoxy) is 1. The predicted molar refractivity (Wildman–Crippen MR) is 191 cm³/mol. The normalized spacial score (nSPS) is 13.1. The molecule has 5 nitrogen and oxygen atoms in total. The summed E-state index contributed by atoms with van der Waals surface area (Å²) < 4.78 is 10.5. The summed E-state index contributed by atoms with van der Waals surface area (Å²) in [5.41, 5.74) is 2.74. The molecule has 0 atom stereocenters. The van der Waals surface area contributed by atoms with Crippen LogP contribution in [0.4, 0.5) is 5.88 Å². The zero-order chi connectivity index (χ0) is 34.3. The Labute approximate surface area is 311 Å². The summed E-state index contributed by atoms with van der Waals surface area (Å²) in [7, 11) is 0. The number of carbonyl (C=O) groups is 1. The van der Waals surface area contributed by atoms with Gasteiger partial charge in [0.25, 0.3) is 0 Å². The van der Waals surface area contributed by atoms with Crippen LogP contribution in [0, 0.1) is 66.0 Å². The van der Waals surface area contributed by atoms with E-state index < -0.39 is 0 Å². The summed E-state index contributed by atoms with van der Waals surface area (Å²) in [6.45, 7) is 30.1. The van der Waals surface area contributed by atoms with Gasteiger partial charge in [-0.05, 0) is 64.9 Å². The fraction of sp³-hybridized carbons (Fsp3) is 0.667. The largest absolute Gasteiger partial charge is 3.00 e. The molecule has 0 saturated heterocycles. The van der Waals surface area contributed by atoms with E-state index in [2.05, 4.69) is 85.4 Å². The van der Waals surface area contributed by atoms with Crippen molar-refractivity contribution in [2.24, 2.45) is 10.9 Å². The van der Waals surface area contributed by atoms with E-state index >= 15 is 0 Å². The third-order valence-corrected chi connectivity index (χ3v) is 5.65. The molecule has 0 amide bonds. The first-order valence-corrected chi connectivity index (χ1v) is 16.7. The van der Waals surface area contributed by atoms with Gasteiger partial charge in [-0.15, -0.1) is 0 Å². The average Bonchev–Trinajstić information content (AvgIpc) is 3.67. The molecule has 1 aromatic rings. The molecule has 1 aliphatic carbocycles. The minimum Gasteiger partial charge on any atom is -0.649 e. The second-order valence-corrected chi connectivity index (χ2v) is 13.9. The number of hydrogen-bond donors (Lipinski definition) is 0. The van der Waals surface area contributed by atoms with Crippen molar-refractivity contribution in [3.8, 4) is 0 Å². The Hall–Kier alpha value is -1.08. The standard InChI is InChI=1S/C26H38NO2.C5H9O2.C4H10.C4H9.Nd/c1-6-8-9-10-11-12-13-15-23(28)22(14-7-2)18-27-26-20(5)24(21-16-17-21)25(29-26)19(3)4;1-5(2,3)7-4-6;2*1-4(2)3;/h10,13-15,18-19,21H,6-9,11-12,16-17H2,1-5H3;1-3H3;4H,1-3H3;1-3H3;/q2*-1;;-1;+3/b15-13+,22-14-,27-18-;;;;. The van der Waals surface area contributed by atoms with E-state index in [-0.39, 0.29) is 52.2 Å². The topological polar surface area (TPSA) is 68.9 Å². The molecule has 6 heteroatoms. The van der Waals surface area contributed by atoms with E-state index in [0.29, 0.717) is 23.3 Å². The summed E-state index contributed by atoms with van der Waals surface area (Å²) >= 11 is 0. The molecule has 1 fully saturated rings. The predicted octanol–water partition coefficient (Wildman–Crippen LogP) is 12.1. The maximum absolute atomic E-state index is 12.6. The Morgan fingerprint density at radius 2 is 1.67 bits per heavy atom. The van der Waals surface area contributed by atoms with Gasteiger partial charge >= 0.3 is 40.8 Å². The van der Waals surface area contributed by atoms with E-state index in [9.17, 15) is 9.59 Å². The number of ketones is 1. The van der Waals surface area contributed by atoms with Crippen molar-refractivity contribution in [1.82, 2.24) is 0 Å². The van der Waals surface area contributed by atoms with Gasteiger partial charge in [0.15, 0.2) is 5.78 Å². The van der Waals surface area contributed by atoms with Gasteiger partial charge < -0.3 is 26.3 Å². The number of carbonyl (C=O) groups excluding carboxylic acids is 2. The molecule has 0 unspecified atom stereocenters. The van der Waals surface area contributed by atoms with Gasteiger partial charge in [-0.1, -0.05) is 86.4 Å². The maximum atomic E-state index is 12.6. The minimum atomic E-state index is -0.373. The fourth-order valence-electron chi connectivity index (χ4n) is 3.65. The van der Waals surface area contributed by atoms with E-state index in [0.717, 1.165) is 42.9 Å². The van der Waals surface area contributed by atoms with Crippen molar-refractivity contribution in [2.45, 2.75) is 166 Å². The first-order valence-electron chi connectivity index (χ1n) is 16.7. The van der Waals surface area contributed by atoms with E-state index in [1.165, 1.54) is 43.6 Å². The Morgan fingerprint density at radius 3 is 2.07 bits per heavy atom. The molecule has 0 bridgehead atoms. The van der Waals surface area contributed by atoms with Crippen LogP contribution in [-0.4, -0.2) is 24.1 Å². The number of aliphatic imine (C=N–C) groups is 1. The Balaban J connectivity index is -0.000000915. The van der Waals surface area contributed by atoms with Crippen LogP contribution in [-0.2, 0) is 14.3 Å². The van der Waals surface area contributed by atoms with Gasteiger partial charge in [-0.25, -0.2) is 4.99 Å². The molecule has 1 heterocycles. The van der Waals surface area contributed by atoms with Crippen LogP contribution in [0.15, 0.2) is 33.2 Å². The summed E-state index contributed by atoms with van der Waals surface area (Å²) in [6, 6.07) is 0. The molecule has 1 aromatic heterocycles. The molecular formula is C39H66NNdO4. The number of hydrogen-bond acceptors (Lipinski definition) is 5. The Morgan fingerprint density at radius 1 is 1.11 bits per heavy atom. The smallest absolute Gasteiger partial charge is 0.649 e. The van der Waals surface area contributed by atoms with Crippen molar-refractivity contribution in [3.05, 3.63) is 53.0 Å². The number of allylic oxidation sites excluding steroid dienone is 4. The molecule has 1 radical (unpaired) electrons. The fourth-order valence-corrected chi connectivity index (χ4v) is 3.65. The van der Waals surface area contributed by atoms with Crippen LogP contribution in [0.1, 0.15) is 170 Å². The van der Waals surface area contributed by atoms with Crippen molar-refractivity contribution in [1.29, 1.82) is 0 Å². The maximum Gasteiger partial charge on any atom is 3.00 e. The average molecular weight is 757 g/mol. The van der Waals surface area contributed by atoms with Crippen LogP contribution in [0.25, 0.3) is 0 Å². The molecule has 0 aliphatic heterocycles. The van der Waals surface area contributed by atoms with E-state index in [4.69, 9.17) is 4.42 Å². The van der Waals surface area contributed by atoms with Crippen molar-refractivity contribution in [3.63, 3.8) is 0 Å². The molecule has 0 aromatic carbocycles. The SMILES string of the molecule is CC(C)(C)O[C-]=O.CC(C)C.CC/C=C(/C=N\c1oc(C(C)C)c(C2CC2)c1C)C(=O)/C=C/CC[CH-]CCCC.C[C-](C)C.[Nd+3]. The molecule has 2 rings (SSSR count). The zero-order valence-electron chi connectivity index (χ0n) is 31.4. The number of rotatable bonds is 14. The molecule has 0 spiro atoms. The van der Waals surface area contributed by atoms with Crippen molar-refractivity contribution < 1.29 is 59.6 Å². The van der Waals surface area contributed by atoms with Gasteiger partial charge in [0, 0.05) is 28.8 Å². The van der Waals surface area contributed by atoms with Gasteiger partial charge in [0.2, 0.25) is 5.88 Å².